The fourth-order valence-electron chi connectivity index (χ4n) is 3.18. The zero-order valence-corrected chi connectivity index (χ0v) is 15.0. The first-order valence-corrected chi connectivity index (χ1v) is 9.57. The van der Waals surface area contributed by atoms with Crippen LogP contribution < -0.4 is 0 Å². The molecule has 1 saturated carbocycles. The normalized spacial score (nSPS) is 17.4. The second-order valence-corrected chi connectivity index (χ2v) is 7.45. The largest absolute Gasteiger partial charge is 0.298 e. The lowest BCUT2D eigenvalue weighted by atomic mass is 9.99. The Labute approximate surface area is 155 Å². The topological polar surface area (TPSA) is 47.8 Å². The smallest absolute Gasteiger partial charge is 0.196 e. The molecule has 132 valence electrons. The Morgan fingerprint density at radius 3 is 2.54 bits per heavy atom. The van der Waals surface area contributed by atoms with Gasteiger partial charge in [-0.25, -0.2) is 4.39 Å². The molecular formula is C20H18FN3OS. The minimum atomic E-state index is -0.345. The maximum absolute atomic E-state index is 14.4. The van der Waals surface area contributed by atoms with Crippen molar-refractivity contribution in [1.82, 2.24) is 14.8 Å². The molecule has 6 heteroatoms. The highest BCUT2D eigenvalue weighted by atomic mass is 32.2. The van der Waals surface area contributed by atoms with Gasteiger partial charge in [-0.1, -0.05) is 48.5 Å². The number of hydrogen-bond donors (Lipinski definition) is 0. The van der Waals surface area contributed by atoms with Gasteiger partial charge in [0.15, 0.2) is 11.0 Å². The van der Waals surface area contributed by atoms with E-state index in [0.717, 1.165) is 24.9 Å². The highest BCUT2D eigenvalue weighted by Crippen LogP contribution is 2.34. The highest BCUT2D eigenvalue weighted by molar-refractivity contribution is 8.00. The predicted octanol–water partition coefficient (Wildman–Crippen LogP) is 4.68. The van der Waals surface area contributed by atoms with Crippen molar-refractivity contribution in [2.24, 2.45) is 0 Å². The van der Waals surface area contributed by atoms with Crippen LogP contribution in [0.4, 0.5) is 4.39 Å². The van der Waals surface area contributed by atoms with Crippen LogP contribution in [0.1, 0.15) is 25.7 Å². The molecule has 1 aromatic heterocycles. The van der Waals surface area contributed by atoms with Gasteiger partial charge >= 0.3 is 0 Å². The zero-order chi connectivity index (χ0) is 17.9. The molecule has 4 rings (SSSR count). The number of benzene rings is 2. The average molecular weight is 367 g/mol. The van der Waals surface area contributed by atoms with Crippen molar-refractivity contribution >= 4 is 17.5 Å². The van der Waals surface area contributed by atoms with Gasteiger partial charge in [-0.05, 0) is 37.1 Å². The average Bonchev–Trinajstić information content (AvgIpc) is 3.08. The van der Waals surface area contributed by atoms with Crippen LogP contribution in [0.25, 0.3) is 17.1 Å². The van der Waals surface area contributed by atoms with Gasteiger partial charge in [0, 0.05) is 12.1 Å². The van der Waals surface area contributed by atoms with Crippen molar-refractivity contribution in [2.45, 2.75) is 36.1 Å². The lowest BCUT2D eigenvalue weighted by molar-refractivity contribution is -0.119. The first kappa shape index (κ1) is 17.0. The Hall–Kier alpha value is -2.47. The summed E-state index contributed by atoms with van der Waals surface area (Å²) < 4.78 is 16.2. The third-order valence-corrected chi connectivity index (χ3v) is 5.77. The number of halogens is 1. The minimum Gasteiger partial charge on any atom is -0.298 e. The molecule has 0 N–H and O–H groups in total. The summed E-state index contributed by atoms with van der Waals surface area (Å²) in [7, 11) is 0. The van der Waals surface area contributed by atoms with Crippen molar-refractivity contribution in [2.75, 3.05) is 0 Å². The number of thioether (sulfide) groups is 1. The van der Waals surface area contributed by atoms with E-state index in [0.29, 0.717) is 23.0 Å². The molecule has 1 fully saturated rings. The molecule has 1 aliphatic carbocycles. The van der Waals surface area contributed by atoms with E-state index in [4.69, 9.17) is 0 Å². The molecule has 0 aliphatic heterocycles. The van der Waals surface area contributed by atoms with Gasteiger partial charge in [0.1, 0.15) is 11.6 Å². The SMILES string of the molecule is O=C1CCCC[C@@H]1Sc1nnc(-c2ccccc2F)n1-c1ccccc1. The van der Waals surface area contributed by atoms with Crippen LogP contribution in [0.2, 0.25) is 0 Å². The van der Waals surface area contributed by atoms with E-state index in [-0.39, 0.29) is 16.9 Å². The Bertz CT molecular complexity index is 926. The number of aromatic nitrogens is 3. The van der Waals surface area contributed by atoms with Crippen LogP contribution in [0.15, 0.2) is 59.8 Å². The highest BCUT2D eigenvalue weighted by Gasteiger charge is 2.27. The van der Waals surface area contributed by atoms with E-state index < -0.39 is 0 Å². The monoisotopic (exact) mass is 367 g/mol. The first-order chi connectivity index (χ1) is 12.7. The predicted molar refractivity (Wildman–Crippen MR) is 99.9 cm³/mol. The number of Topliss-reactive ketones (excluding diaryl/α,β-unsaturated/α-hetero) is 1. The summed E-state index contributed by atoms with van der Waals surface area (Å²) in [6.45, 7) is 0. The fourth-order valence-corrected chi connectivity index (χ4v) is 4.35. The molecule has 0 bridgehead atoms. The van der Waals surface area contributed by atoms with Crippen molar-refractivity contribution < 1.29 is 9.18 Å². The molecule has 1 aliphatic rings. The van der Waals surface area contributed by atoms with E-state index in [1.807, 2.05) is 34.9 Å². The lowest BCUT2D eigenvalue weighted by Crippen LogP contribution is -2.21. The molecule has 26 heavy (non-hydrogen) atoms. The van der Waals surface area contributed by atoms with Crippen LogP contribution in [0.3, 0.4) is 0 Å². The number of hydrogen-bond acceptors (Lipinski definition) is 4. The zero-order valence-electron chi connectivity index (χ0n) is 14.1. The summed E-state index contributed by atoms with van der Waals surface area (Å²) in [6.07, 6.45) is 3.47. The molecule has 0 saturated heterocycles. The number of carbonyl (C=O) groups excluding carboxylic acids is 1. The Morgan fingerprint density at radius 1 is 1.00 bits per heavy atom. The summed E-state index contributed by atoms with van der Waals surface area (Å²) in [4.78, 5) is 12.2. The lowest BCUT2D eigenvalue weighted by Gasteiger charge is -2.20. The minimum absolute atomic E-state index is 0.108. The number of ketones is 1. The van der Waals surface area contributed by atoms with E-state index in [1.54, 1.807) is 18.2 Å². The third-order valence-electron chi connectivity index (χ3n) is 4.51. The molecule has 3 aromatic rings. The van der Waals surface area contributed by atoms with Gasteiger partial charge in [0.2, 0.25) is 0 Å². The molecule has 0 amide bonds. The summed E-state index contributed by atoms with van der Waals surface area (Å²) in [6, 6.07) is 16.2. The number of para-hydroxylation sites is 1. The summed E-state index contributed by atoms with van der Waals surface area (Å²) in [5.74, 6) is 0.360. The Morgan fingerprint density at radius 2 is 1.77 bits per heavy atom. The second kappa shape index (κ2) is 7.41. The van der Waals surface area contributed by atoms with Crippen molar-refractivity contribution in [1.29, 1.82) is 0 Å². The van der Waals surface area contributed by atoms with Gasteiger partial charge < -0.3 is 0 Å². The molecule has 0 radical (unpaired) electrons. The number of rotatable bonds is 4. The van der Waals surface area contributed by atoms with Crippen LogP contribution in [-0.2, 0) is 4.79 Å². The standard InChI is InChI=1S/C20H18FN3OS/c21-16-11-5-4-10-15(16)19-22-23-20(24(19)14-8-2-1-3-9-14)26-18-13-7-6-12-17(18)25/h1-5,8-11,18H,6-7,12-13H2/t18-/m0/s1. The van der Waals surface area contributed by atoms with Gasteiger partial charge in [-0.3, -0.25) is 9.36 Å². The van der Waals surface area contributed by atoms with Gasteiger partial charge in [0.05, 0.1) is 10.8 Å². The molecule has 2 aromatic carbocycles. The fraction of sp³-hybridized carbons (Fsp3) is 0.250. The molecular weight excluding hydrogens is 349 g/mol. The summed E-state index contributed by atoms with van der Waals surface area (Å²) in [5.41, 5.74) is 1.24. The van der Waals surface area contributed by atoms with E-state index >= 15 is 0 Å². The van der Waals surface area contributed by atoms with Gasteiger partial charge in [0.25, 0.3) is 0 Å². The number of nitrogens with zero attached hydrogens (tertiary/aromatic N) is 3. The molecule has 1 atom stereocenters. The van der Waals surface area contributed by atoms with Crippen LogP contribution in [0, 0.1) is 5.82 Å². The van der Waals surface area contributed by atoms with Crippen molar-refractivity contribution in [3.63, 3.8) is 0 Å². The first-order valence-electron chi connectivity index (χ1n) is 8.69. The van der Waals surface area contributed by atoms with Gasteiger partial charge in [-0.2, -0.15) is 0 Å². The van der Waals surface area contributed by atoms with Crippen molar-refractivity contribution in [3.8, 4) is 17.1 Å². The van der Waals surface area contributed by atoms with Crippen molar-refractivity contribution in [3.05, 3.63) is 60.4 Å². The van der Waals surface area contributed by atoms with Crippen LogP contribution in [-0.4, -0.2) is 25.8 Å². The maximum atomic E-state index is 14.4. The van der Waals surface area contributed by atoms with E-state index in [2.05, 4.69) is 10.2 Å². The van der Waals surface area contributed by atoms with Crippen LogP contribution in [0.5, 0.6) is 0 Å². The number of carbonyl (C=O) groups is 1. The van der Waals surface area contributed by atoms with E-state index in [1.165, 1.54) is 17.8 Å². The second-order valence-electron chi connectivity index (χ2n) is 6.28. The van der Waals surface area contributed by atoms with Crippen LogP contribution >= 0.6 is 11.8 Å². The summed E-state index contributed by atoms with van der Waals surface area (Å²) >= 11 is 1.43. The van der Waals surface area contributed by atoms with E-state index in [9.17, 15) is 9.18 Å². The van der Waals surface area contributed by atoms with Gasteiger partial charge in [-0.15, -0.1) is 10.2 Å². The quantitative estimate of drug-likeness (QED) is 0.672. The summed E-state index contributed by atoms with van der Waals surface area (Å²) in [5, 5.41) is 9.06. The molecule has 0 unspecified atom stereocenters. The third kappa shape index (κ3) is 3.29. The molecule has 4 nitrogen and oxygen atoms in total. The molecule has 1 heterocycles. The maximum Gasteiger partial charge on any atom is 0.196 e. The Balaban J connectivity index is 1.80. The molecule has 0 spiro atoms. The Kier molecular flexibility index (Phi) is 4.84.